The Hall–Kier alpha value is -2.10. The van der Waals surface area contributed by atoms with Gasteiger partial charge in [-0.15, -0.1) is 0 Å². The van der Waals surface area contributed by atoms with E-state index in [9.17, 15) is 12.8 Å². The average Bonchev–Trinajstić information content (AvgIpc) is 2.42. The van der Waals surface area contributed by atoms with Gasteiger partial charge in [-0.25, -0.2) is 12.8 Å². The Kier molecular flexibility index (Phi) is 4.16. The van der Waals surface area contributed by atoms with Crippen LogP contribution in [-0.2, 0) is 10.0 Å². The van der Waals surface area contributed by atoms with Crippen LogP contribution in [0.3, 0.4) is 0 Å². The van der Waals surface area contributed by atoms with Gasteiger partial charge in [0.1, 0.15) is 11.9 Å². The molecule has 0 saturated carbocycles. The van der Waals surface area contributed by atoms with E-state index in [0.29, 0.717) is 5.56 Å². The van der Waals surface area contributed by atoms with Crippen LogP contribution in [0, 0.1) is 24.1 Å². The van der Waals surface area contributed by atoms with Gasteiger partial charge in [-0.05, 0) is 42.8 Å². The summed E-state index contributed by atoms with van der Waals surface area (Å²) in [6.07, 6.45) is 0. The lowest BCUT2D eigenvalue weighted by atomic mass is 10.2. The lowest BCUT2D eigenvalue weighted by molar-refractivity contribution is 0.601. The highest BCUT2D eigenvalue weighted by Gasteiger charge is 2.17. The molecular formula is C14H10ClFN2O2S. The predicted molar refractivity (Wildman–Crippen MR) is 78.1 cm³/mol. The molecule has 0 atom stereocenters. The van der Waals surface area contributed by atoms with Gasteiger partial charge in [-0.1, -0.05) is 17.7 Å². The van der Waals surface area contributed by atoms with Gasteiger partial charge in [-0.3, -0.25) is 4.72 Å². The van der Waals surface area contributed by atoms with Crippen molar-refractivity contribution in [3.63, 3.8) is 0 Å². The van der Waals surface area contributed by atoms with Crippen molar-refractivity contribution in [2.24, 2.45) is 0 Å². The van der Waals surface area contributed by atoms with Crippen LogP contribution in [-0.4, -0.2) is 8.42 Å². The summed E-state index contributed by atoms with van der Waals surface area (Å²) in [5.74, 6) is -0.545. The molecule has 1 N–H and O–H groups in total. The molecule has 0 saturated heterocycles. The summed E-state index contributed by atoms with van der Waals surface area (Å²) in [5.41, 5.74) is 0.910. The van der Waals surface area contributed by atoms with Crippen molar-refractivity contribution in [1.82, 2.24) is 0 Å². The molecule has 2 aromatic carbocycles. The van der Waals surface area contributed by atoms with Gasteiger partial charge in [0.25, 0.3) is 10.0 Å². The van der Waals surface area contributed by atoms with Gasteiger partial charge in [0.05, 0.1) is 21.2 Å². The first-order chi connectivity index (χ1) is 9.83. The number of sulfonamides is 1. The van der Waals surface area contributed by atoms with Crippen LogP contribution in [0.1, 0.15) is 11.1 Å². The standard InChI is InChI=1S/C14H10ClFN2O2S/c1-9-2-4-11(16)6-14(9)18-21(19,20)12-5-3-10(8-17)13(15)7-12/h2-7,18H,1H3. The maximum atomic E-state index is 13.2. The second-order valence-electron chi connectivity index (χ2n) is 4.32. The van der Waals surface area contributed by atoms with E-state index in [1.165, 1.54) is 30.3 Å². The molecule has 0 spiro atoms. The number of rotatable bonds is 3. The van der Waals surface area contributed by atoms with E-state index in [1.807, 2.05) is 6.07 Å². The second-order valence-corrected chi connectivity index (χ2v) is 6.41. The molecule has 108 valence electrons. The van der Waals surface area contributed by atoms with Crippen molar-refractivity contribution in [2.45, 2.75) is 11.8 Å². The SMILES string of the molecule is Cc1ccc(F)cc1NS(=O)(=O)c1ccc(C#N)c(Cl)c1. The molecule has 0 aromatic heterocycles. The number of nitrogens with zero attached hydrogens (tertiary/aromatic N) is 1. The lowest BCUT2D eigenvalue weighted by Crippen LogP contribution is -2.14. The fraction of sp³-hybridized carbons (Fsp3) is 0.0714. The Morgan fingerprint density at radius 3 is 2.57 bits per heavy atom. The average molecular weight is 325 g/mol. The highest BCUT2D eigenvalue weighted by Crippen LogP contribution is 2.24. The molecule has 0 heterocycles. The Bertz CT molecular complexity index is 845. The number of nitriles is 1. The van der Waals surface area contributed by atoms with Crippen LogP contribution >= 0.6 is 11.6 Å². The first-order valence-electron chi connectivity index (χ1n) is 5.82. The van der Waals surface area contributed by atoms with E-state index < -0.39 is 15.8 Å². The Morgan fingerprint density at radius 2 is 1.95 bits per heavy atom. The maximum absolute atomic E-state index is 13.2. The fourth-order valence-corrected chi connectivity index (χ4v) is 3.10. The molecule has 0 aliphatic carbocycles. The molecule has 0 aliphatic heterocycles. The molecule has 7 heteroatoms. The zero-order valence-corrected chi connectivity index (χ0v) is 12.5. The minimum atomic E-state index is -3.91. The Labute approximate surface area is 126 Å². The molecule has 2 rings (SSSR count). The van der Waals surface area contributed by atoms with Crippen molar-refractivity contribution in [3.05, 3.63) is 58.4 Å². The topological polar surface area (TPSA) is 70.0 Å². The largest absolute Gasteiger partial charge is 0.279 e. The van der Waals surface area contributed by atoms with Crippen molar-refractivity contribution < 1.29 is 12.8 Å². The summed E-state index contributed by atoms with van der Waals surface area (Å²) in [4.78, 5) is -0.102. The summed E-state index contributed by atoms with van der Waals surface area (Å²) in [5, 5.41) is 8.81. The van der Waals surface area contributed by atoms with E-state index in [-0.39, 0.29) is 21.2 Å². The molecule has 21 heavy (non-hydrogen) atoms. The first-order valence-corrected chi connectivity index (χ1v) is 7.68. The molecule has 0 fully saturated rings. The second kappa shape index (κ2) is 5.72. The van der Waals surface area contributed by atoms with Gasteiger partial charge < -0.3 is 0 Å². The third-order valence-corrected chi connectivity index (χ3v) is 4.49. The first kappa shape index (κ1) is 15.3. The molecule has 0 bridgehead atoms. The van der Waals surface area contributed by atoms with Crippen molar-refractivity contribution in [2.75, 3.05) is 4.72 Å². The van der Waals surface area contributed by atoms with Gasteiger partial charge in [0.2, 0.25) is 0 Å². The summed E-state index contributed by atoms with van der Waals surface area (Å²) < 4.78 is 40.0. The number of anilines is 1. The van der Waals surface area contributed by atoms with Crippen LogP contribution in [0.15, 0.2) is 41.3 Å². The molecule has 0 radical (unpaired) electrons. The fourth-order valence-electron chi connectivity index (χ4n) is 1.66. The third-order valence-electron chi connectivity index (χ3n) is 2.82. The predicted octanol–water partition coefficient (Wildman–Crippen LogP) is 3.46. The third kappa shape index (κ3) is 3.32. The van der Waals surface area contributed by atoms with Crippen molar-refractivity contribution in [3.8, 4) is 6.07 Å². The summed E-state index contributed by atoms with van der Waals surface area (Å²) in [6, 6.07) is 9.41. The van der Waals surface area contributed by atoms with Crippen LogP contribution < -0.4 is 4.72 Å². The van der Waals surface area contributed by atoms with Gasteiger partial charge >= 0.3 is 0 Å². The molecule has 4 nitrogen and oxygen atoms in total. The minimum Gasteiger partial charge on any atom is -0.279 e. The zero-order valence-electron chi connectivity index (χ0n) is 10.9. The molecule has 0 aliphatic rings. The highest BCUT2D eigenvalue weighted by atomic mass is 35.5. The monoisotopic (exact) mass is 324 g/mol. The summed E-state index contributed by atoms with van der Waals surface area (Å²) in [6.45, 7) is 1.66. The molecule has 2 aromatic rings. The van der Waals surface area contributed by atoms with Crippen LogP contribution in [0.25, 0.3) is 0 Å². The van der Waals surface area contributed by atoms with E-state index >= 15 is 0 Å². The van der Waals surface area contributed by atoms with Crippen LogP contribution in [0.5, 0.6) is 0 Å². The van der Waals surface area contributed by atoms with Gasteiger partial charge in [0.15, 0.2) is 0 Å². The van der Waals surface area contributed by atoms with E-state index in [2.05, 4.69) is 4.72 Å². The summed E-state index contributed by atoms with van der Waals surface area (Å²) >= 11 is 5.82. The Morgan fingerprint density at radius 1 is 1.24 bits per heavy atom. The normalized spacial score (nSPS) is 11.0. The minimum absolute atomic E-state index is 0.0383. The number of nitrogens with one attached hydrogen (secondary N) is 1. The quantitative estimate of drug-likeness (QED) is 0.940. The Balaban J connectivity index is 2.41. The number of hydrogen-bond acceptors (Lipinski definition) is 3. The highest BCUT2D eigenvalue weighted by molar-refractivity contribution is 7.92. The lowest BCUT2D eigenvalue weighted by Gasteiger charge is -2.11. The molecular weight excluding hydrogens is 315 g/mol. The van der Waals surface area contributed by atoms with Gasteiger partial charge in [-0.2, -0.15) is 5.26 Å². The molecule has 0 unspecified atom stereocenters. The molecule has 0 amide bonds. The van der Waals surface area contributed by atoms with E-state index in [1.54, 1.807) is 6.92 Å². The van der Waals surface area contributed by atoms with E-state index in [0.717, 1.165) is 6.07 Å². The van der Waals surface area contributed by atoms with Gasteiger partial charge in [0, 0.05) is 0 Å². The number of aryl methyl sites for hydroxylation is 1. The smallest absolute Gasteiger partial charge is 0.261 e. The summed E-state index contributed by atoms with van der Waals surface area (Å²) in [7, 11) is -3.91. The zero-order chi connectivity index (χ0) is 15.6. The van der Waals surface area contributed by atoms with Crippen molar-refractivity contribution in [1.29, 1.82) is 5.26 Å². The van der Waals surface area contributed by atoms with Crippen LogP contribution in [0.4, 0.5) is 10.1 Å². The van der Waals surface area contributed by atoms with Crippen LogP contribution in [0.2, 0.25) is 5.02 Å². The number of benzene rings is 2. The maximum Gasteiger partial charge on any atom is 0.261 e. The van der Waals surface area contributed by atoms with E-state index in [4.69, 9.17) is 16.9 Å². The number of halogens is 2. The number of hydrogen-bond donors (Lipinski definition) is 1. The van der Waals surface area contributed by atoms with Crippen molar-refractivity contribution >= 4 is 27.3 Å².